The van der Waals surface area contributed by atoms with Gasteiger partial charge in [0.05, 0.1) is 11.4 Å². The predicted molar refractivity (Wildman–Crippen MR) is 147 cm³/mol. The highest BCUT2D eigenvalue weighted by atomic mass is 16.2. The number of rotatable bonds is 11. The quantitative estimate of drug-likeness (QED) is 0.178. The molecule has 0 saturated carbocycles. The summed E-state index contributed by atoms with van der Waals surface area (Å²) in [6, 6.07) is 30.2. The molecule has 0 saturated heterocycles. The average Bonchev–Trinajstić information content (AvgIpc) is 2.98. The van der Waals surface area contributed by atoms with E-state index >= 15 is 0 Å². The smallest absolute Gasteiger partial charge is 0.240 e. The van der Waals surface area contributed by atoms with Gasteiger partial charge >= 0.3 is 0 Å². The molecule has 0 atom stereocenters. The highest BCUT2D eigenvalue weighted by molar-refractivity contribution is 6.12. The third kappa shape index (κ3) is 7.76. The van der Waals surface area contributed by atoms with Crippen LogP contribution >= 0.6 is 0 Å². The summed E-state index contributed by atoms with van der Waals surface area (Å²) in [5, 5.41) is 8.67. The largest absolute Gasteiger partial charge is 0.273 e. The van der Waals surface area contributed by atoms with Crippen LogP contribution in [0.25, 0.3) is 0 Å². The SMILES string of the molecule is O=C(CCCCC(=O)NN=C(c1ccccc1)c1ccccn1)NN=C(c1ccccc1)c1ccccn1. The lowest BCUT2D eigenvalue weighted by molar-refractivity contribution is -0.123. The minimum absolute atomic E-state index is 0.227. The molecule has 0 bridgehead atoms. The molecule has 0 spiro atoms. The van der Waals surface area contributed by atoms with Crippen molar-refractivity contribution in [2.75, 3.05) is 0 Å². The molecule has 2 aromatic heterocycles. The van der Waals surface area contributed by atoms with Gasteiger partial charge in [0, 0.05) is 36.4 Å². The van der Waals surface area contributed by atoms with Crippen LogP contribution in [0.3, 0.4) is 0 Å². The summed E-state index contributed by atoms with van der Waals surface area (Å²) in [6.07, 6.45) is 4.93. The molecular weight excluding hydrogens is 476 g/mol. The first-order valence-corrected chi connectivity index (χ1v) is 12.4. The molecule has 190 valence electrons. The van der Waals surface area contributed by atoms with Crippen LogP contribution in [0.15, 0.2) is 120 Å². The van der Waals surface area contributed by atoms with Gasteiger partial charge in [-0.1, -0.05) is 72.8 Å². The number of amides is 2. The highest BCUT2D eigenvalue weighted by Crippen LogP contribution is 2.10. The van der Waals surface area contributed by atoms with Crippen molar-refractivity contribution < 1.29 is 9.59 Å². The molecule has 2 aromatic carbocycles. The maximum atomic E-state index is 12.4. The molecule has 38 heavy (non-hydrogen) atoms. The van der Waals surface area contributed by atoms with Crippen LogP contribution in [0.2, 0.25) is 0 Å². The van der Waals surface area contributed by atoms with Gasteiger partial charge in [-0.3, -0.25) is 19.6 Å². The van der Waals surface area contributed by atoms with Crippen molar-refractivity contribution in [2.45, 2.75) is 25.7 Å². The Morgan fingerprint density at radius 1 is 0.553 bits per heavy atom. The van der Waals surface area contributed by atoms with Crippen molar-refractivity contribution in [3.8, 4) is 0 Å². The van der Waals surface area contributed by atoms with Crippen LogP contribution in [-0.2, 0) is 9.59 Å². The minimum Gasteiger partial charge on any atom is -0.273 e. The van der Waals surface area contributed by atoms with Crippen molar-refractivity contribution in [3.63, 3.8) is 0 Å². The van der Waals surface area contributed by atoms with E-state index in [-0.39, 0.29) is 24.7 Å². The highest BCUT2D eigenvalue weighted by Gasteiger charge is 2.11. The van der Waals surface area contributed by atoms with Gasteiger partial charge in [-0.15, -0.1) is 0 Å². The topological polar surface area (TPSA) is 109 Å². The van der Waals surface area contributed by atoms with E-state index in [2.05, 4.69) is 31.0 Å². The van der Waals surface area contributed by atoms with E-state index in [1.54, 1.807) is 12.4 Å². The standard InChI is InChI=1S/C30H28N6O2/c37-27(33-35-29(23-13-3-1-4-14-23)25-17-9-11-21-31-25)19-7-8-20-28(38)34-36-30(24-15-5-2-6-16-24)26-18-10-12-22-32-26/h1-6,9-18,21-22H,7-8,19-20H2,(H,33,37)(H,34,38). The van der Waals surface area contributed by atoms with E-state index in [4.69, 9.17) is 0 Å². The number of nitrogens with one attached hydrogen (secondary N) is 2. The van der Waals surface area contributed by atoms with E-state index in [9.17, 15) is 9.59 Å². The van der Waals surface area contributed by atoms with Gasteiger partial charge in [0.1, 0.15) is 11.4 Å². The maximum absolute atomic E-state index is 12.4. The lowest BCUT2D eigenvalue weighted by atomic mass is 10.1. The first-order valence-electron chi connectivity index (χ1n) is 12.4. The summed E-state index contributed by atoms with van der Waals surface area (Å²) >= 11 is 0. The zero-order chi connectivity index (χ0) is 26.4. The lowest BCUT2D eigenvalue weighted by Gasteiger charge is -2.08. The summed E-state index contributed by atoms with van der Waals surface area (Å²) < 4.78 is 0. The molecule has 8 heteroatoms. The average molecular weight is 505 g/mol. The second-order valence-corrected chi connectivity index (χ2v) is 8.36. The number of carbonyl (C=O) groups excluding carboxylic acids is 2. The van der Waals surface area contributed by atoms with Crippen molar-refractivity contribution in [1.29, 1.82) is 0 Å². The van der Waals surface area contributed by atoms with E-state index in [0.29, 0.717) is 35.7 Å². The first kappa shape index (κ1) is 26.1. The van der Waals surface area contributed by atoms with E-state index in [1.165, 1.54) is 0 Å². The molecule has 2 amide bonds. The fraction of sp³-hybridized carbons (Fsp3) is 0.133. The molecule has 0 aliphatic carbocycles. The lowest BCUT2D eigenvalue weighted by Crippen LogP contribution is -2.22. The number of pyridine rings is 2. The molecule has 0 aliphatic rings. The number of unbranched alkanes of at least 4 members (excludes halogenated alkanes) is 1. The fourth-order valence-corrected chi connectivity index (χ4v) is 3.66. The van der Waals surface area contributed by atoms with Crippen molar-refractivity contribution in [2.24, 2.45) is 10.2 Å². The van der Waals surface area contributed by atoms with Gasteiger partial charge in [0.25, 0.3) is 0 Å². The molecule has 0 radical (unpaired) electrons. The van der Waals surface area contributed by atoms with Gasteiger partial charge in [-0.2, -0.15) is 10.2 Å². The Labute approximate surface area is 221 Å². The molecule has 2 N–H and O–H groups in total. The Hall–Kier alpha value is -4.98. The Bertz CT molecular complexity index is 1180. The predicted octanol–water partition coefficient (Wildman–Crippen LogP) is 4.47. The Morgan fingerprint density at radius 3 is 1.32 bits per heavy atom. The van der Waals surface area contributed by atoms with Crippen LogP contribution in [0, 0.1) is 0 Å². The summed E-state index contributed by atoms with van der Waals surface area (Å²) in [4.78, 5) is 33.5. The molecule has 0 unspecified atom stereocenters. The van der Waals surface area contributed by atoms with Gasteiger partial charge in [-0.25, -0.2) is 10.9 Å². The van der Waals surface area contributed by atoms with Gasteiger partial charge in [0.2, 0.25) is 11.8 Å². The van der Waals surface area contributed by atoms with E-state index in [1.807, 2.05) is 97.1 Å². The van der Waals surface area contributed by atoms with Crippen LogP contribution in [0.1, 0.15) is 48.2 Å². The number of aromatic nitrogens is 2. The summed E-state index contributed by atoms with van der Waals surface area (Å²) in [5.74, 6) is -0.455. The molecule has 4 aromatic rings. The Kier molecular flexibility index (Phi) is 9.57. The van der Waals surface area contributed by atoms with Crippen LogP contribution in [0.5, 0.6) is 0 Å². The van der Waals surface area contributed by atoms with Crippen LogP contribution in [0.4, 0.5) is 0 Å². The maximum Gasteiger partial charge on any atom is 0.240 e. The number of hydrogen-bond donors (Lipinski definition) is 2. The fourth-order valence-electron chi connectivity index (χ4n) is 3.66. The normalized spacial score (nSPS) is 11.6. The van der Waals surface area contributed by atoms with Gasteiger partial charge in [0.15, 0.2) is 0 Å². The number of benzene rings is 2. The number of carbonyl (C=O) groups is 2. The molecule has 0 aliphatic heterocycles. The Balaban J connectivity index is 1.28. The zero-order valence-electron chi connectivity index (χ0n) is 20.8. The first-order chi connectivity index (χ1) is 18.7. The molecular formula is C30H28N6O2. The van der Waals surface area contributed by atoms with Crippen molar-refractivity contribution >= 4 is 23.2 Å². The second-order valence-electron chi connectivity index (χ2n) is 8.36. The van der Waals surface area contributed by atoms with Gasteiger partial charge < -0.3 is 0 Å². The van der Waals surface area contributed by atoms with Crippen LogP contribution < -0.4 is 10.9 Å². The summed E-state index contributed by atoms with van der Waals surface area (Å²) in [6.45, 7) is 0. The Morgan fingerprint density at radius 2 is 0.947 bits per heavy atom. The van der Waals surface area contributed by atoms with Gasteiger partial charge in [-0.05, 0) is 37.1 Å². The minimum atomic E-state index is -0.227. The summed E-state index contributed by atoms with van der Waals surface area (Å²) in [5.41, 5.74) is 9.44. The third-order valence-corrected chi connectivity index (χ3v) is 5.55. The number of hydrogen-bond acceptors (Lipinski definition) is 6. The van der Waals surface area contributed by atoms with Crippen LogP contribution in [-0.4, -0.2) is 33.2 Å². The van der Waals surface area contributed by atoms with E-state index < -0.39 is 0 Å². The van der Waals surface area contributed by atoms with E-state index in [0.717, 1.165) is 11.1 Å². The third-order valence-electron chi connectivity index (χ3n) is 5.55. The molecule has 0 fully saturated rings. The molecule has 2 heterocycles. The molecule has 8 nitrogen and oxygen atoms in total. The monoisotopic (exact) mass is 504 g/mol. The number of hydrazone groups is 2. The molecule has 4 rings (SSSR count). The zero-order valence-corrected chi connectivity index (χ0v) is 20.8. The summed E-state index contributed by atoms with van der Waals surface area (Å²) in [7, 11) is 0. The second kappa shape index (κ2) is 13.9. The number of nitrogens with zero attached hydrogens (tertiary/aromatic N) is 4. The van der Waals surface area contributed by atoms with Crippen molar-refractivity contribution in [3.05, 3.63) is 132 Å². The van der Waals surface area contributed by atoms with Crippen molar-refractivity contribution in [1.82, 2.24) is 20.8 Å².